The van der Waals surface area contributed by atoms with E-state index in [2.05, 4.69) is 0 Å². The van der Waals surface area contributed by atoms with Crippen LogP contribution in [0.1, 0.15) is 19.8 Å². The van der Waals surface area contributed by atoms with Crippen LogP contribution in [0.25, 0.3) is 11.0 Å². The lowest BCUT2D eigenvalue weighted by Crippen LogP contribution is -2.24. The number of benzene rings is 1. The molecule has 0 aliphatic heterocycles. The van der Waals surface area contributed by atoms with Crippen molar-refractivity contribution in [2.24, 2.45) is 5.92 Å². The van der Waals surface area contributed by atoms with Crippen LogP contribution < -0.4 is 5.69 Å². The van der Waals surface area contributed by atoms with Crippen LogP contribution in [-0.2, 0) is 13.1 Å². The van der Waals surface area contributed by atoms with Gasteiger partial charge in [0.25, 0.3) is 0 Å². The van der Waals surface area contributed by atoms with Gasteiger partial charge in [-0.2, -0.15) is 0 Å². The molecule has 0 N–H and O–H groups in total. The van der Waals surface area contributed by atoms with Gasteiger partial charge in [0.1, 0.15) is 0 Å². The van der Waals surface area contributed by atoms with Crippen molar-refractivity contribution >= 4 is 11.0 Å². The van der Waals surface area contributed by atoms with Crippen molar-refractivity contribution in [3.8, 4) is 0 Å². The van der Waals surface area contributed by atoms with Crippen molar-refractivity contribution in [2.75, 3.05) is 0 Å². The van der Waals surface area contributed by atoms with Gasteiger partial charge in [-0.25, -0.2) is 4.79 Å². The van der Waals surface area contributed by atoms with Gasteiger partial charge in [0, 0.05) is 13.1 Å². The average Bonchev–Trinajstić information content (AvgIpc) is 3.07. The fourth-order valence-electron chi connectivity index (χ4n) is 2.31. The minimum atomic E-state index is 0.149. The third-order valence-electron chi connectivity index (χ3n) is 3.38. The molecular weight excluding hydrogens is 200 g/mol. The van der Waals surface area contributed by atoms with Crippen molar-refractivity contribution in [1.82, 2.24) is 9.13 Å². The number of hydrogen-bond acceptors (Lipinski definition) is 1. The van der Waals surface area contributed by atoms with Crippen LogP contribution in [0.3, 0.4) is 0 Å². The first kappa shape index (κ1) is 9.70. The molecule has 0 radical (unpaired) electrons. The molecule has 1 heterocycles. The number of aromatic nitrogens is 2. The first-order valence-electron chi connectivity index (χ1n) is 5.99. The number of hydrogen-bond donors (Lipinski definition) is 0. The van der Waals surface area contributed by atoms with Gasteiger partial charge >= 0.3 is 5.69 Å². The first-order chi connectivity index (χ1) is 7.81. The molecule has 0 spiro atoms. The average molecular weight is 216 g/mol. The van der Waals surface area contributed by atoms with E-state index in [1.54, 1.807) is 0 Å². The second-order valence-electron chi connectivity index (χ2n) is 4.57. The molecule has 0 unspecified atom stereocenters. The number of nitrogens with zero attached hydrogens (tertiary/aromatic N) is 2. The Bertz CT molecular complexity index is 575. The highest BCUT2D eigenvalue weighted by atomic mass is 16.1. The van der Waals surface area contributed by atoms with Crippen molar-refractivity contribution in [3.63, 3.8) is 0 Å². The molecule has 1 aromatic carbocycles. The van der Waals surface area contributed by atoms with Crippen LogP contribution in [0.5, 0.6) is 0 Å². The largest absolute Gasteiger partial charge is 0.329 e. The number of imidazole rings is 1. The van der Waals surface area contributed by atoms with E-state index in [1.165, 1.54) is 12.8 Å². The second-order valence-corrected chi connectivity index (χ2v) is 4.57. The molecule has 84 valence electrons. The minimum absolute atomic E-state index is 0.149. The van der Waals surface area contributed by atoms with E-state index < -0.39 is 0 Å². The molecule has 1 aliphatic rings. The molecule has 2 aromatic rings. The Morgan fingerprint density at radius 2 is 1.81 bits per heavy atom. The van der Waals surface area contributed by atoms with E-state index in [4.69, 9.17) is 0 Å². The predicted molar refractivity (Wildman–Crippen MR) is 64.6 cm³/mol. The summed E-state index contributed by atoms with van der Waals surface area (Å²) in [6, 6.07) is 8.08. The monoisotopic (exact) mass is 216 g/mol. The maximum absolute atomic E-state index is 12.2. The molecule has 0 atom stereocenters. The lowest BCUT2D eigenvalue weighted by molar-refractivity contribution is 0.596. The van der Waals surface area contributed by atoms with E-state index in [1.807, 2.05) is 40.3 Å². The molecule has 1 aromatic heterocycles. The highest BCUT2D eigenvalue weighted by Crippen LogP contribution is 2.31. The number of fused-ring (bicyclic) bond motifs is 1. The van der Waals surface area contributed by atoms with Gasteiger partial charge in [0.15, 0.2) is 0 Å². The van der Waals surface area contributed by atoms with E-state index in [9.17, 15) is 4.79 Å². The summed E-state index contributed by atoms with van der Waals surface area (Å²) in [7, 11) is 0. The standard InChI is InChI=1S/C13H16N2O/c1-2-14-11-5-3-4-6-12(11)15(13(14)16)9-10-7-8-10/h3-6,10H,2,7-9H2,1H3. The first-order valence-corrected chi connectivity index (χ1v) is 5.99. The fourth-order valence-corrected chi connectivity index (χ4v) is 2.31. The van der Waals surface area contributed by atoms with Crippen LogP contribution >= 0.6 is 0 Å². The summed E-state index contributed by atoms with van der Waals surface area (Å²) in [4.78, 5) is 12.2. The zero-order chi connectivity index (χ0) is 11.1. The summed E-state index contributed by atoms with van der Waals surface area (Å²) >= 11 is 0. The summed E-state index contributed by atoms with van der Waals surface area (Å²) in [5, 5.41) is 0. The van der Waals surface area contributed by atoms with E-state index in [-0.39, 0.29) is 5.69 Å². The Morgan fingerprint density at radius 3 is 2.38 bits per heavy atom. The van der Waals surface area contributed by atoms with Crippen LogP contribution in [-0.4, -0.2) is 9.13 Å². The summed E-state index contributed by atoms with van der Waals surface area (Å²) in [5.41, 5.74) is 2.30. The topological polar surface area (TPSA) is 26.9 Å². The molecule has 0 saturated heterocycles. The Hall–Kier alpha value is -1.51. The molecule has 1 saturated carbocycles. The number of aryl methyl sites for hydroxylation is 1. The lowest BCUT2D eigenvalue weighted by atomic mass is 10.3. The molecule has 0 bridgehead atoms. The van der Waals surface area contributed by atoms with Crippen molar-refractivity contribution in [3.05, 3.63) is 34.7 Å². The van der Waals surface area contributed by atoms with Gasteiger partial charge < -0.3 is 0 Å². The van der Waals surface area contributed by atoms with Gasteiger partial charge in [-0.05, 0) is 37.8 Å². The summed E-state index contributed by atoms with van der Waals surface area (Å²) < 4.78 is 3.80. The molecule has 3 nitrogen and oxygen atoms in total. The van der Waals surface area contributed by atoms with E-state index >= 15 is 0 Å². The highest BCUT2D eigenvalue weighted by molar-refractivity contribution is 5.75. The molecular formula is C13H16N2O. The second kappa shape index (κ2) is 3.51. The quantitative estimate of drug-likeness (QED) is 0.773. The molecule has 3 heteroatoms. The molecule has 1 fully saturated rings. The summed E-state index contributed by atoms with van der Waals surface area (Å²) in [6.45, 7) is 3.67. The van der Waals surface area contributed by atoms with Crippen molar-refractivity contribution in [1.29, 1.82) is 0 Å². The lowest BCUT2D eigenvalue weighted by Gasteiger charge is -1.99. The molecule has 3 rings (SSSR count). The van der Waals surface area contributed by atoms with Gasteiger partial charge in [-0.15, -0.1) is 0 Å². The number of rotatable bonds is 3. The third-order valence-corrected chi connectivity index (χ3v) is 3.38. The number of para-hydroxylation sites is 2. The molecule has 1 aliphatic carbocycles. The van der Waals surface area contributed by atoms with Crippen LogP contribution in [0.2, 0.25) is 0 Å². The summed E-state index contributed by atoms with van der Waals surface area (Å²) in [6.07, 6.45) is 2.55. The van der Waals surface area contributed by atoms with Crippen LogP contribution in [0.4, 0.5) is 0 Å². The predicted octanol–water partition coefficient (Wildman–Crippen LogP) is 2.23. The van der Waals surface area contributed by atoms with E-state index in [0.717, 1.165) is 30.0 Å². The van der Waals surface area contributed by atoms with Crippen molar-refractivity contribution in [2.45, 2.75) is 32.9 Å². The highest BCUT2D eigenvalue weighted by Gasteiger charge is 2.24. The smallest absolute Gasteiger partial charge is 0.292 e. The maximum atomic E-state index is 12.2. The maximum Gasteiger partial charge on any atom is 0.329 e. The minimum Gasteiger partial charge on any atom is -0.292 e. The van der Waals surface area contributed by atoms with Gasteiger partial charge in [0.05, 0.1) is 11.0 Å². The normalized spacial score (nSPS) is 15.8. The molecule has 0 amide bonds. The van der Waals surface area contributed by atoms with Crippen molar-refractivity contribution < 1.29 is 0 Å². The van der Waals surface area contributed by atoms with Gasteiger partial charge in [-0.1, -0.05) is 12.1 Å². The van der Waals surface area contributed by atoms with Crippen LogP contribution in [0.15, 0.2) is 29.1 Å². The molecule has 16 heavy (non-hydrogen) atoms. The Balaban J connectivity index is 2.24. The van der Waals surface area contributed by atoms with E-state index in [0.29, 0.717) is 0 Å². The van der Waals surface area contributed by atoms with Gasteiger partial charge in [0.2, 0.25) is 0 Å². The Morgan fingerprint density at radius 1 is 1.19 bits per heavy atom. The zero-order valence-electron chi connectivity index (χ0n) is 9.52. The zero-order valence-corrected chi connectivity index (χ0v) is 9.52. The Kier molecular flexibility index (Phi) is 2.13. The third kappa shape index (κ3) is 1.39. The van der Waals surface area contributed by atoms with Gasteiger partial charge in [-0.3, -0.25) is 9.13 Å². The fraction of sp³-hybridized carbons (Fsp3) is 0.462. The summed E-state index contributed by atoms with van der Waals surface area (Å²) in [5.74, 6) is 0.730. The van der Waals surface area contributed by atoms with Crippen LogP contribution in [0, 0.1) is 5.92 Å². The Labute approximate surface area is 94.3 Å². The SMILES string of the molecule is CCn1c(=O)n(CC2CC2)c2ccccc21.